The predicted molar refractivity (Wildman–Crippen MR) is 129 cm³/mol. The molecule has 7 heteroatoms. The van der Waals surface area contributed by atoms with E-state index in [0.29, 0.717) is 5.70 Å². The van der Waals surface area contributed by atoms with Gasteiger partial charge in [-0.15, -0.1) is 0 Å². The molecule has 2 atom stereocenters. The second-order valence-corrected chi connectivity index (χ2v) is 9.67. The molecule has 0 saturated heterocycles. The molecule has 0 bridgehead atoms. The first-order valence-electron chi connectivity index (χ1n) is 11.7. The second-order valence-electron chi connectivity index (χ2n) is 9.67. The van der Waals surface area contributed by atoms with Crippen molar-refractivity contribution in [3.63, 3.8) is 0 Å². The van der Waals surface area contributed by atoms with Gasteiger partial charge in [0, 0.05) is 17.3 Å². The molecule has 1 aliphatic heterocycles. The van der Waals surface area contributed by atoms with Crippen LogP contribution in [-0.4, -0.2) is 27.6 Å². The number of phenols is 2. The number of aryl methyl sites for hydroxylation is 1. The summed E-state index contributed by atoms with van der Waals surface area (Å²) < 4.78 is 5.82. The van der Waals surface area contributed by atoms with Gasteiger partial charge in [-0.3, -0.25) is 14.4 Å². The van der Waals surface area contributed by atoms with Crippen molar-refractivity contribution >= 4 is 17.3 Å². The highest BCUT2D eigenvalue weighted by molar-refractivity contribution is 6.31. The highest BCUT2D eigenvalue weighted by Crippen LogP contribution is 2.57. The summed E-state index contributed by atoms with van der Waals surface area (Å²) in [6, 6.07) is 8.11. The third-order valence-corrected chi connectivity index (χ3v) is 7.52. The number of ketones is 3. The smallest absolute Gasteiger partial charge is 0.194 e. The van der Waals surface area contributed by atoms with E-state index in [1.54, 1.807) is 13.8 Å². The largest absolute Gasteiger partial charge is 0.507 e. The van der Waals surface area contributed by atoms with Crippen LogP contribution in [0.25, 0.3) is 0 Å². The van der Waals surface area contributed by atoms with Gasteiger partial charge in [-0.1, -0.05) is 24.3 Å². The molecule has 0 aromatic heterocycles. The van der Waals surface area contributed by atoms with Gasteiger partial charge in [0.05, 0.1) is 17.2 Å². The van der Waals surface area contributed by atoms with Crippen LogP contribution in [0.5, 0.6) is 17.2 Å². The zero-order valence-corrected chi connectivity index (χ0v) is 20.1. The molecule has 0 spiro atoms. The topological polar surface area (TPSA) is 113 Å². The number of Topliss-reactive ketones (excluding diaryl/α,β-unsaturated/α-hetero) is 2. The summed E-state index contributed by atoms with van der Waals surface area (Å²) in [7, 11) is 0. The van der Waals surface area contributed by atoms with Gasteiger partial charge in [-0.2, -0.15) is 0 Å². The average molecular weight is 474 g/mol. The van der Waals surface area contributed by atoms with Crippen LogP contribution in [0.15, 0.2) is 47.4 Å². The third-order valence-electron chi connectivity index (χ3n) is 7.52. The van der Waals surface area contributed by atoms with Gasteiger partial charge >= 0.3 is 0 Å². The van der Waals surface area contributed by atoms with Gasteiger partial charge in [-0.05, 0) is 58.1 Å². The maximum absolute atomic E-state index is 14.0. The molecule has 1 unspecified atom stereocenters. The van der Waals surface area contributed by atoms with Gasteiger partial charge in [0.15, 0.2) is 17.3 Å². The first-order chi connectivity index (χ1) is 16.6. The van der Waals surface area contributed by atoms with Crippen LogP contribution in [0.3, 0.4) is 0 Å². The number of hydrogen-bond acceptors (Lipinski definition) is 7. The van der Waals surface area contributed by atoms with Crippen molar-refractivity contribution in [2.45, 2.75) is 58.4 Å². The number of carbonyl (C=O) groups is 3. The second kappa shape index (κ2) is 7.83. The monoisotopic (exact) mass is 473 g/mol. The van der Waals surface area contributed by atoms with Crippen LogP contribution in [0, 0.1) is 6.92 Å². The van der Waals surface area contributed by atoms with Gasteiger partial charge < -0.3 is 20.3 Å². The van der Waals surface area contributed by atoms with E-state index < -0.39 is 28.5 Å². The molecule has 0 fully saturated rings. The normalized spacial score (nSPS) is 24.1. The third kappa shape index (κ3) is 3.14. The van der Waals surface area contributed by atoms with Gasteiger partial charge in [0.1, 0.15) is 34.0 Å². The number of allylic oxidation sites excluding steroid dienone is 4. The predicted octanol–water partition coefficient (Wildman–Crippen LogP) is 4.24. The number of ether oxygens (including phenoxy) is 1. The van der Waals surface area contributed by atoms with E-state index in [2.05, 4.69) is 17.4 Å². The first-order valence-corrected chi connectivity index (χ1v) is 11.7. The Hall–Kier alpha value is -3.87. The molecule has 3 aliphatic rings. The number of hydrogen-bond donors (Lipinski definition) is 3. The van der Waals surface area contributed by atoms with Crippen molar-refractivity contribution in [3.05, 3.63) is 75.2 Å². The average Bonchev–Trinajstić information content (AvgIpc) is 3.10. The quantitative estimate of drug-likeness (QED) is 0.347. The Morgan fingerprint density at radius 1 is 1.14 bits per heavy atom. The number of rotatable bonds is 3. The van der Waals surface area contributed by atoms with Crippen molar-refractivity contribution in [3.8, 4) is 17.2 Å². The molecule has 180 valence electrons. The maximum Gasteiger partial charge on any atom is 0.194 e. The Labute approximate surface area is 203 Å². The van der Waals surface area contributed by atoms with Crippen LogP contribution in [0.4, 0.5) is 0 Å². The molecule has 0 saturated carbocycles. The Bertz CT molecular complexity index is 1400. The summed E-state index contributed by atoms with van der Waals surface area (Å²) in [5, 5.41) is 24.8. The number of phenolic OH excluding ortho intramolecular Hbond substituents is 2. The molecule has 7 nitrogen and oxygen atoms in total. The highest BCUT2D eigenvalue weighted by atomic mass is 16.5. The van der Waals surface area contributed by atoms with Crippen molar-refractivity contribution in [1.82, 2.24) is 5.32 Å². The zero-order valence-electron chi connectivity index (χ0n) is 20.1. The van der Waals surface area contributed by atoms with E-state index in [9.17, 15) is 24.6 Å². The number of carbonyl (C=O) groups excluding carboxylic acids is 3. The fourth-order valence-corrected chi connectivity index (χ4v) is 5.60. The molecule has 2 aliphatic carbocycles. The molecule has 35 heavy (non-hydrogen) atoms. The summed E-state index contributed by atoms with van der Waals surface area (Å²) in [6.45, 7) is 6.01. The molecular weight excluding hydrogens is 446 g/mol. The van der Waals surface area contributed by atoms with E-state index >= 15 is 0 Å². The number of fused-ring (bicyclic) bond motifs is 4. The summed E-state index contributed by atoms with van der Waals surface area (Å²) >= 11 is 0. The lowest BCUT2D eigenvalue weighted by Crippen LogP contribution is -2.41. The number of nitrogens with one attached hydrogen (secondary N) is 1. The molecular formula is C28H27NO6. The zero-order chi connectivity index (χ0) is 25.2. The molecule has 0 amide bonds. The highest BCUT2D eigenvalue weighted by Gasteiger charge is 2.56. The standard InChI is InChI=1S/C28H27NO6/c1-13-24(32)22(15(3)30)26-23(25(13)33)28(4)20(35-26)12-19(31)21(27(28)34)14(2)29-18-11-7-9-16-8-5-6-10-17(16)18/h5-6,8,10,12,18,29,32-33H,7,9,11H2,1-4H3/b21-14+/t18?,28-/m1/s1. The van der Waals surface area contributed by atoms with E-state index in [4.69, 9.17) is 4.74 Å². The fourth-order valence-electron chi connectivity index (χ4n) is 5.60. The van der Waals surface area contributed by atoms with Gasteiger partial charge in [0.25, 0.3) is 0 Å². The van der Waals surface area contributed by atoms with E-state index in [-0.39, 0.29) is 45.6 Å². The number of benzene rings is 2. The minimum atomic E-state index is -1.52. The fraction of sp³-hybridized carbons (Fsp3) is 0.321. The van der Waals surface area contributed by atoms with Crippen LogP contribution in [0.2, 0.25) is 0 Å². The lowest BCUT2D eigenvalue weighted by Gasteiger charge is -2.31. The summed E-state index contributed by atoms with van der Waals surface area (Å²) in [5.74, 6) is -2.29. The van der Waals surface area contributed by atoms with Crippen LogP contribution in [-0.2, 0) is 21.4 Å². The minimum Gasteiger partial charge on any atom is -0.507 e. The van der Waals surface area contributed by atoms with Gasteiger partial charge in [-0.25, -0.2) is 0 Å². The first kappa shape index (κ1) is 22.9. The van der Waals surface area contributed by atoms with Crippen molar-refractivity contribution in [2.75, 3.05) is 0 Å². The van der Waals surface area contributed by atoms with E-state index in [1.165, 1.54) is 25.5 Å². The van der Waals surface area contributed by atoms with Crippen LogP contribution < -0.4 is 10.1 Å². The molecule has 2 aromatic carbocycles. The lowest BCUT2D eigenvalue weighted by atomic mass is 9.70. The SMILES string of the molecule is CC(=O)c1c(O)c(C)c(O)c2c1OC1=CC(=O)/C(=C(/C)NC3CCCc4ccccc43)C(=O)[C@]12C. The Kier molecular flexibility index (Phi) is 5.13. The molecule has 1 heterocycles. The Balaban J connectivity index is 1.63. The van der Waals surface area contributed by atoms with Crippen LogP contribution >= 0.6 is 0 Å². The summed E-state index contributed by atoms with van der Waals surface area (Å²) in [5.41, 5.74) is 1.38. The van der Waals surface area contributed by atoms with Gasteiger partial charge in [0.2, 0.25) is 0 Å². The molecule has 5 rings (SSSR count). The van der Waals surface area contributed by atoms with Crippen LogP contribution in [0.1, 0.15) is 72.3 Å². The van der Waals surface area contributed by atoms with Crippen molar-refractivity contribution in [1.29, 1.82) is 0 Å². The minimum absolute atomic E-state index is 0.00902. The summed E-state index contributed by atoms with van der Waals surface area (Å²) in [6.07, 6.45) is 4.10. The van der Waals surface area contributed by atoms with E-state index in [1.807, 2.05) is 12.1 Å². The lowest BCUT2D eigenvalue weighted by molar-refractivity contribution is -0.123. The van der Waals surface area contributed by atoms with E-state index in [0.717, 1.165) is 24.8 Å². The maximum atomic E-state index is 14.0. The van der Waals surface area contributed by atoms with Crippen molar-refractivity contribution in [2.24, 2.45) is 0 Å². The molecule has 0 radical (unpaired) electrons. The molecule has 2 aromatic rings. The van der Waals surface area contributed by atoms with Crippen molar-refractivity contribution < 1.29 is 29.3 Å². The summed E-state index contributed by atoms with van der Waals surface area (Å²) in [4.78, 5) is 39.4. The number of aromatic hydroxyl groups is 2. The Morgan fingerprint density at radius 3 is 2.57 bits per heavy atom. The molecule has 3 N–H and O–H groups in total. The Morgan fingerprint density at radius 2 is 1.86 bits per heavy atom.